The molecule has 0 aliphatic heterocycles. The summed E-state index contributed by atoms with van der Waals surface area (Å²) in [5.41, 5.74) is 7.26. The van der Waals surface area contributed by atoms with Crippen molar-refractivity contribution in [2.75, 3.05) is 24.8 Å². The molecule has 0 radical (unpaired) electrons. The van der Waals surface area contributed by atoms with Gasteiger partial charge in [-0.05, 0) is 36.2 Å². The summed E-state index contributed by atoms with van der Waals surface area (Å²) in [5.74, 6) is 0.628. The van der Waals surface area contributed by atoms with E-state index in [9.17, 15) is 4.79 Å². The van der Waals surface area contributed by atoms with Gasteiger partial charge >= 0.3 is 0 Å². The van der Waals surface area contributed by atoms with E-state index in [-0.39, 0.29) is 0 Å². The minimum Gasteiger partial charge on any atom is -0.385 e. The zero-order valence-corrected chi connectivity index (χ0v) is 14.0. The van der Waals surface area contributed by atoms with Crippen molar-refractivity contribution in [2.45, 2.75) is 17.4 Å². The van der Waals surface area contributed by atoms with E-state index in [0.29, 0.717) is 0 Å². The van der Waals surface area contributed by atoms with E-state index in [2.05, 4.69) is 5.32 Å². The van der Waals surface area contributed by atoms with Crippen molar-refractivity contribution in [3.63, 3.8) is 0 Å². The van der Waals surface area contributed by atoms with Crippen molar-refractivity contribution in [3.05, 3.63) is 60.2 Å². The van der Waals surface area contributed by atoms with Crippen LogP contribution in [-0.4, -0.2) is 25.4 Å². The second-order valence-corrected chi connectivity index (χ2v) is 6.28. The Labute approximate surface area is 141 Å². The van der Waals surface area contributed by atoms with Crippen LogP contribution in [0.15, 0.2) is 59.5 Å². The Balaban J connectivity index is 1.97. The van der Waals surface area contributed by atoms with Crippen LogP contribution in [0.4, 0.5) is 5.69 Å². The molecule has 0 bridgehead atoms. The molecule has 0 fully saturated rings. The number of hydrogen-bond acceptors (Lipinski definition) is 4. The second kappa shape index (κ2) is 9.22. The van der Waals surface area contributed by atoms with Gasteiger partial charge in [-0.15, -0.1) is 11.8 Å². The molecule has 0 aliphatic rings. The molecule has 2 rings (SSSR count). The third-order valence-corrected chi connectivity index (χ3v) is 4.44. The lowest BCUT2D eigenvalue weighted by Gasteiger charge is -2.17. The summed E-state index contributed by atoms with van der Waals surface area (Å²) < 4.78 is 5.04. The molecule has 3 N–H and O–H groups in total. The SMILES string of the molecule is COCCCSc1ccc(N[C@@H](C(N)=O)c2ccccc2)cc1. The number of benzene rings is 2. The molecule has 0 saturated carbocycles. The normalized spacial score (nSPS) is 11.9. The lowest BCUT2D eigenvalue weighted by atomic mass is 10.1. The fraction of sp³-hybridized carbons (Fsp3) is 0.278. The Kier molecular flexibility index (Phi) is 6.97. The number of rotatable bonds is 9. The van der Waals surface area contributed by atoms with Crippen LogP contribution in [0.1, 0.15) is 18.0 Å². The number of nitrogens with two attached hydrogens (primary N) is 1. The molecule has 1 amide bonds. The maximum absolute atomic E-state index is 11.7. The smallest absolute Gasteiger partial charge is 0.244 e. The van der Waals surface area contributed by atoms with E-state index in [4.69, 9.17) is 10.5 Å². The van der Waals surface area contributed by atoms with Gasteiger partial charge in [0, 0.05) is 30.1 Å². The van der Waals surface area contributed by atoms with Gasteiger partial charge in [0.1, 0.15) is 6.04 Å². The molecule has 0 aliphatic carbocycles. The van der Waals surface area contributed by atoms with Crippen molar-refractivity contribution in [2.24, 2.45) is 5.73 Å². The minimum absolute atomic E-state index is 0.394. The van der Waals surface area contributed by atoms with Crippen molar-refractivity contribution >= 4 is 23.4 Å². The van der Waals surface area contributed by atoms with Crippen molar-refractivity contribution < 1.29 is 9.53 Å². The highest BCUT2D eigenvalue weighted by Gasteiger charge is 2.16. The summed E-state index contributed by atoms with van der Waals surface area (Å²) in [6.07, 6.45) is 1.03. The average Bonchev–Trinajstić information content (AvgIpc) is 2.58. The Hall–Kier alpha value is -1.98. The van der Waals surface area contributed by atoms with Gasteiger partial charge in [0.2, 0.25) is 5.91 Å². The Bertz CT molecular complexity index is 602. The molecule has 2 aromatic carbocycles. The lowest BCUT2D eigenvalue weighted by Crippen LogP contribution is -2.27. The minimum atomic E-state index is -0.531. The van der Waals surface area contributed by atoms with Gasteiger partial charge in [0.15, 0.2) is 0 Å². The van der Waals surface area contributed by atoms with E-state index >= 15 is 0 Å². The van der Waals surface area contributed by atoms with Crippen LogP contribution in [0.5, 0.6) is 0 Å². The number of carbonyl (C=O) groups is 1. The van der Waals surface area contributed by atoms with Crippen LogP contribution in [0, 0.1) is 0 Å². The molecule has 4 nitrogen and oxygen atoms in total. The monoisotopic (exact) mass is 330 g/mol. The zero-order chi connectivity index (χ0) is 16.5. The number of anilines is 1. The number of methoxy groups -OCH3 is 1. The van der Waals surface area contributed by atoms with Crippen LogP contribution in [0.25, 0.3) is 0 Å². The highest BCUT2D eigenvalue weighted by molar-refractivity contribution is 7.99. The third-order valence-electron chi connectivity index (χ3n) is 3.34. The molecular formula is C18H22N2O2S. The van der Waals surface area contributed by atoms with E-state index < -0.39 is 11.9 Å². The molecule has 0 heterocycles. The first-order chi connectivity index (χ1) is 11.2. The van der Waals surface area contributed by atoms with E-state index in [1.807, 2.05) is 54.6 Å². The maximum atomic E-state index is 11.7. The first kappa shape index (κ1) is 17.4. The number of thioether (sulfide) groups is 1. The van der Waals surface area contributed by atoms with Crippen molar-refractivity contribution in [1.82, 2.24) is 0 Å². The highest BCUT2D eigenvalue weighted by Crippen LogP contribution is 2.24. The number of carbonyl (C=O) groups excluding carboxylic acids is 1. The van der Waals surface area contributed by atoms with Gasteiger partial charge in [-0.1, -0.05) is 30.3 Å². The van der Waals surface area contributed by atoms with Crippen LogP contribution in [0.3, 0.4) is 0 Å². The first-order valence-corrected chi connectivity index (χ1v) is 8.52. The standard InChI is InChI=1S/C18H22N2O2S/c1-22-12-5-13-23-16-10-8-15(9-11-16)20-17(18(19)21)14-6-3-2-4-7-14/h2-4,6-11,17,20H,5,12-13H2,1H3,(H2,19,21)/t17-/m1/s1. The van der Waals surface area contributed by atoms with Crippen LogP contribution < -0.4 is 11.1 Å². The molecule has 122 valence electrons. The summed E-state index contributed by atoms with van der Waals surface area (Å²) in [6.45, 7) is 0.782. The number of hydrogen-bond donors (Lipinski definition) is 2. The van der Waals surface area contributed by atoms with Gasteiger partial charge in [-0.25, -0.2) is 0 Å². The third kappa shape index (κ3) is 5.62. The number of primary amides is 1. The molecule has 2 aromatic rings. The molecule has 0 unspecified atom stereocenters. The maximum Gasteiger partial charge on any atom is 0.244 e. The van der Waals surface area contributed by atoms with Crippen molar-refractivity contribution in [3.8, 4) is 0 Å². The predicted octanol–water partition coefficient (Wildman–Crippen LogP) is 3.45. The summed E-state index contributed by atoms with van der Waals surface area (Å²) in [4.78, 5) is 12.9. The molecule has 5 heteroatoms. The fourth-order valence-electron chi connectivity index (χ4n) is 2.17. The number of ether oxygens (including phenoxy) is 1. The highest BCUT2D eigenvalue weighted by atomic mass is 32.2. The van der Waals surface area contributed by atoms with Crippen LogP contribution in [-0.2, 0) is 9.53 Å². The largest absolute Gasteiger partial charge is 0.385 e. The van der Waals surface area contributed by atoms with E-state index in [1.165, 1.54) is 4.90 Å². The van der Waals surface area contributed by atoms with Crippen LogP contribution >= 0.6 is 11.8 Å². The molecular weight excluding hydrogens is 308 g/mol. The summed E-state index contributed by atoms with van der Waals surface area (Å²) in [7, 11) is 1.72. The topological polar surface area (TPSA) is 64.3 Å². The van der Waals surface area contributed by atoms with Gasteiger partial charge in [-0.2, -0.15) is 0 Å². The number of amides is 1. The van der Waals surface area contributed by atoms with E-state index in [0.717, 1.165) is 30.0 Å². The molecule has 23 heavy (non-hydrogen) atoms. The molecule has 1 atom stereocenters. The van der Waals surface area contributed by atoms with Gasteiger partial charge in [0.05, 0.1) is 0 Å². The van der Waals surface area contributed by atoms with Gasteiger partial charge in [-0.3, -0.25) is 4.79 Å². The Morgan fingerprint density at radius 2 is 1.87 bits per heavy atom. The van der Waals surface area contributed by atoms with Gasteiger partial charge in [0.25, 0.3) is 0 Å². The van der Waals surface area contributed by atoms with Crippen LogP contribution in [0.2, 0.25) is 0 Å². The molecule has 0 saturated heterocycles. The van der Waals surface area contributed by atoms with Crippen molar-refractivity contribution in [1.29, 1.82) is 0 Å². The molecule has 0 spiro atoms. The lowest BCUT2D eigenvalue weighted by molar-refractivity contribution is -0.118. The van der Waals surface area contributed by atoms with E-state index in [1.54, 1.807) is 18.9 Å². The Morgan fingerprint density at radius 1 is 1.17 bits per heavy atom. The first-order valence-electron chi connectivity index (χ1n) is 7.53. The Morgan fingerprint density at radius 3 is 2.48 bits per heavy atom. The predicted molar refractivity (Wildman–Crippen MR) is 95.7 cm³/mol. The quantitative estimate of drug-likeness (QED) is 0.546. The zero-order valence-electron chi connectivity index (χ0n) is 13.2. The van der Waals surface area contributed by atoms with Gasteiger partial charge < -0.3 is 15.8 Å². The number of nitrogens with one attached hydrogen (secondary N) is 1. The average molecular weight is 330 g/mol. The summed E-state index contributed by atoms with van der Waals surface area (Å²) >= 11 is 1.79. The second-order valence-electron chi connectivity index (χ2n) is 5.11. The fourth-order valence-corrected chi connectivity index (χ4v) is 3.00. The summed E-state index contributed by atoms with van der Waals surface area (Å²) in [5, 5.41) is 3.19. The molecule has 0 aromatic heterocycles. The summed E-state index contributed by atoms with van der Waals surface area (Å²) in [6, 6.07) is 17.0.